The second-order valence-corrected chi connectivity index (χ2v) is 6.46. The van der Waals surface area contributed by atoms with Crippen LogP contribution in [0.15, 0.2) is 59.6 Å². The van der Waals surface area contributed by atoms with E-state index in [4.69, 9.17) is 0 Å². The number of thioether (sulfide) groups is 1. The lowest BCUT2D eigenvalue weighted by molar-refractivity contribution is 0.0993. The number of Topliss-reactive ketones (excluding diaryl/α,β-unsaturated/α-hetero) is 1. The molecule has 1 heterocycles. The first-order valence-corrected chi connectivity index (χ1v) is 7.94. The van der Waals surface area contributed by atoms with Gasteiger partial charge in [0.05, 0.1) is 15.8 Å². The summed E-state index contributed by atoms with van der Waals surface area (Å²) >= 11 is 1.29. The Morgan fingerprint density at radius 1 is 1.04 bits per heavy atom. The van der Waals surface area contributed by atoms with Crippen LogP contribution in [-0.2, 0) is 0 Å². The van der Waals surface area contributed by atoms with Crippen molar-refractivity contribution in [1.29, 1.82) is 0 Å². The van der Waals surface area contributed by atoms with Crippen molar-refractivity contribution in [2.75, 3.05) is 0 Å². The highest BCUT2D eigenvalue weighted by Crippen LogP contribution is 2.26. The molecular formula is C18H13F2NOS. The summed E-state index contributed by atoms with van der Waals surface area (Å²) in [5.74, 6) is -2.24. The summed E-state index contributed by atoms with van der Waals surface area (Å²) in [5, 5.41) is 1.29. The van der Waals surface area contributed by atoms with E-state index in [1.807, 2.05) is 36.4 Å². The highest BCUT2D eigenvalue weighted by molar-refractivity contribution is 8.00. The maximum absolute atomic E-state index is 13.3. The van der Waals surface area contributed by atoms with Gasteiger partial charge in [0, 0.05) is 10.9 Å². The first kappa shape index (κ1) is 15.6. The fraction of sp³-hybridized carbons (Fsp3) is 0.111. The predicted molar refractivity (Wildman–Crippen MR) is 87.8 cm³/mol. The molecule has 0 aliphatic rings. The zero-order valence-electron chi connectivity index (χ0n) is 12.3. The van der Waals surface area contributed by atoms with E-state index in [9.17, 15) is 13.6 Å². The molecule has 3 rings (SSSR count). The largest absolute Gasteiger partial charge is 0.293 e. The molecule has 3 aromatic rings. The third-order valence-corrected chi connectivity index (χ3v) is 4.48. The number of rotatable bonds is 4. The number of fused-ring (bicyclic) bond motifs is 1. The van der Waals surface area contributed by atoms with Gasteiger partial charge in [0.2, 0.25) is 0 Å². The van der Waals surface area contributed by atoms with E-state index in [2.05, 4.69) is 4.98 Å². The number of hydrogen-bond donors (Lipinski definition) is 0. The molecule has 0 aliphatic heterocycles. The Labute approximate surface area is 136 Å². The Hall–Kier alpha value is -2.27. The summed E-state index contributed by atoms with van der Waals surface area (Å²) in [5.41, 5.74) is 1.01. The summed E-state index contributed by atoms with van der Waals surface area (Å²) in [6.45, 7) is 1.73. The fourth-order valence-corrected chi connectivity index (χ4v) is 3.13. The zero-order valence-corrected chi connectivity index (χ0v) is 13.1. The number of benzene rings is 2. The third-order valence-electron chi connectivity index (χ3n) is 3.44. The SMILES string of the molecule is C[C@H](Sc1ccc2ccccc2n1)C(=O)c1ccc(F)c(F)c1. The van der Waals surface area contributed by atoms with Crippen molar-refractivity contribution >= 4 is 28.4 Å². The molecule has 0 spiro atoms. The molecule has 116 valence electrons. The number of halogens is 2. The van der Waals surface area contributed by atoms with Crippen molar-refractivity contribution in [3.05, 3.63) is 71.8 Å². The lowest BCUT2D eigenvalue weighted by Crippen LogP contribution is -2.14. The molecule has 1 aromatic heterocycles. The summed E-state index contributed by atoms with van der Waals surface area (Å²) in [6.07, 6.45) is 0. The van der Waals surface area contributed by atoms with Gasteiger partial charge in [0.25, 0.3) is 0 Å². The number of aromatic nitrogens is 1. The summed E-state index contributed by atoms with van der Waals surface area (Å²) < 4.78 is 26.2. The van der Waals surface area contributed by atoms with Gasteiger partial charge >= 0.3 is 0 Å². The number of nitrogens with zero attached hydrogens (tertiary/aromatic N) is 1. The molecule has 0 saturated heterocycles. The topological polar surface area (TPSA) is 30.0 Å². The van der Waals surface area contributed by atoms with Crippen LogP contribution in [0.3, 0.4) is 0 Å². The van der Waals surface area contributed by atoms with E-state index in [-0.39, 0.29) is 11.3 Å². The van der Waals surface area contributed by atoms with Crippen LogP contribution in [0.1, 0.15) is 17.3 Å². The number of ketones is 1. The maximum atomic E-state index is 13.3. The molecule has 2 aromatic carbocycles. The zero-order chi connectivity index (χ0) is 16.4. The molecule has 0 N–H and O–H groups in total. The minimum Gasteiger partial charge on any atom is -0.293 e. The van der Waals surface area contributed by atoms with Gasteiger partial charge in [-0.2, -0.15) is 0 Å². The van der Waals surface area contributed by atoms with Gasteiger partial charge in [0.15, 0.2) is 17.4 Å². The van der Waals surface area contributed by atoms with Crippen LogP contribution in [0.5, 0.6) is 0 Å². The van der Waals surface area contributed by atoms with Crippen molar-refractivity contribution in [3.63, 3.8) is 0 Å². The van der Waals surface area contributed by atoms with Crippen molar-refractivity contribution in [2.24, 2.45) is 0 Å². The second-order valence-electron chi connectivity index (χ2n) is 5.10. The Morgan fingerprint density at radius 2 is 1.83 bits per heavy atom. The molecule has 0 aliphatic carbocycles. The minimum absolute atomic E-state index is 0.157. The minimum atomic E-state index is -1.02. The normalized spacial score (nSPS) is 12.3. The Kier molecular flexibility index (Phi) is 4.39. The highest BCUT2D eigenvalue weighted by Gasteiger charge is 2.18. The summed E-state index contributed by atoms with van der Waals surface area (Å²) in [6, 6.07) is 14.7. The van der Waals surface area contributed by atoms with Crippen LogP contribution in [-0.4, -0.2) is 16.0 Å². The van der Waals surface area contributed by atoms with Crippen LogP contribution in [0, 0.1) is 11.6 Å². The highest BCUT2D eigenvalue weighted by atomic mass is 32.2. The molecule has 5 heteroatoms. The number of hydrogen-bond acceptors (Lipinski definition) is 3. The van der Waals surface area contributed by atoms with Gasteiger partial charge in [-0.3, -0.25) is 4.79 Å². The van der Waals surface area contributed by atoms with Crippen LogP contribution in [0.2, 0.25) is 0 Å². The lowest BCUT2D eigenvalue weighted by atomic mass is 10.1. The van der Waals surface area contributed by atoms with Gasteiger partial charge in [-0.25, -0.2) is 13.8 Å². The Morgan fingerprint density at radius 3 is 2.61 bits per heavy atom. The fourth-order valence-electron chi connectivity index (χ4n) is 2.23. The average molecular weight is 329 g/mol. The molecule has 0 bridgehead atoms. The molecule has 0 unspecified atom stereocenters. The van der Waals surface area contributed by atoms with Crippen molar-refractivity contribution < 1.29 is 13.6 Å². The second kappa shape index (κ2) is 6.46. The van der Waals surface area contributed by atoms with E-state index in [0.29, 0.717) is 5.03 Å². The van der Waals surface area contributed by atoms with E-state index < -0.39 is 16.9 Å². The van der Waals surface area contributed by atoms with E-state index >= 15 is 0 Å². The number of pyridine rings is 1. The first-order chi connectivity index (χ1) is 11.0. The van der Waals surface area contributed by atoms with Gasteiger partial charge in [-0.1, -0.05) is 36.0 Å². The molecule has 0 amide bonds. The quantitative estimate of drug-likeness (QED) is 0.505. The average Bonchev–Trinajstić information content (AvgIpc) is 2.56. The van der Waals surface area contributed by atoms with E-state index in [0.717, 1.165) is 23.0 Å². The van der Waals surface area contributed by atoms with Gasteiger partial charge in [-0.05, 0) is 37.3 Å². The Balaban J connectivity index is 1.80. The molecule has 23 heavy (non-hydrogen) atoms. The van der Waals surface area contributed by atoms with Crippen LogP contribution in [0.4, 0.5) is 8.78 Å². The number of carbonyl (C=O) groups excluding carboxylic acids is 1. The van der Waals surface area contributed by atoms with E-state index in [1.165, 1.54) is 17.8 Å². The summed E-state index contributed by atoms with van der Waals surface area (Å²) in [7, 11) is 0. The van der Waals surface area contributed by atoms with Crippen molar-refractivity contribution in [3.8, 4) is 0 Å². The van der Waals surface area contributed by atoms with Crippen molar-refractivity contribution in [2.45, 2.75) is 17.2 Å². The maximum Gasteiger partial charge on any atom is 0.176 e. The summed E-state index contributed by atoms with van der Waals surface area (Å²) in [4.78, 5) is 16.8. The molecule has 0 fully saturated rings. The van der Waals surface area contributed by atoms with E-state index in [1.54, 1.807) is 6.92 Å². The molecule has 2 nitrogen and oxygen atoms in total. The molecular weight excluding hydrogens is 316 g/mol. The number of carbonyl (C=O) groups is 1. The molecule has 0 radical (unpaired) electrons. The van der Waals surface area contributed by atoms with Crippen LogP contribution < -0.4 is 0 Å². The Bertz CT molecular complexity index is 882. The number of para-hydroxylation sites is 1. The van der Waals surface area contributed by atoms with Crippen LogP contribution in [0.25, 0.3) is 10.9 Å². The predicted octanol–water partition coefficient (Wildman–Crippen LogP) is 4.88. The van der Waals surface area contributed by atoms with Gasteiger partial charge in [0.1, 0.15) is 0 Å². The lowest BCUT2D eigenvalue weighted by Gasteiger charge is -2.10. The van der Waals surface area contributed by atoms with Gasteiger partial charge in [-0.15, -0.1) is 0 Å². The smallest absolute Gasteiger partial charge is 0.176 e. The molecule has 1 atom stereocenters. The monoisotopic (exact) mass is 329 g/mol. The third kappa shape index (κ3) is 3.40. The van der Waals surface area contributed by atoms with Crippen LogP contribution >= 0.6 is 11.8 Å². The van der Waals surface area contributed by atoms with Gasteiger partial charge < -0.3 is 0 Å². The first-order valence-electron chi connectivity index (χ1n) is 7.06. The van der Waals surface area contributed by atoms with Crippen molar-refractivity contribution in [1.82, 2.24) is 4.98 Å². The standard InChI is InChI=1S/C18H13F2NOS/c1-11(18(22)13-6-8-14(19)15(20)10-13)23-17-9-7-12-4-2-3-5-16(12)21-17/h2-11H,1H3/t11-/m0/s1. The molecule has 0 saturated carbocycles.